The topological polar surface area (TPSA) is 54.0 Å². The highest BCUT2D eigenvalue weighted by Crippen LogP contribution is 2.44. The Morgan fingerprint density at radius 1 is 0.491 bits per heavy atom. The molecule has 0 saturated heterocycles. The minimum atomic E-state index is -0.321. The lowest BCUT2D eigenvalue weighted by molar-refractivity contribution is -0.137. The molecule has 57 heavy (non-hydrogen) atoms. The minimum Gasteiger partial charge on any atom is -0.463 e. The molecule has 0 aromatic heterocycles. The van der Waals surface area contributed by atoms with Crippen LogP contribution in [0, 0.1) is 53.3 Å². The van der Waals surface area contributed by atoms with Gasteiger partial charge in [0.15, 0.2) is 0 Å². The lowest BCUT2D eigenvalue weighted by atomic mass is 9.67. The third kappa shape index (κ3) is 18.8. The van der Waals surface area contributed by atoms with Crippen LogP contribution >= 0.6 is 0 Å². The van der Waals surface area contributed by atoms with Gasteiger partial charge in [-0.15, -0.1) is 0 Å². The second-order valence-corrected chi connectivity index (χ2v) is 19.6. The molecule has 5 rings (SSSR count). The van der Waals surface area contributed by atoms with Crippen molar-refractivity contribution in [2.45, 2.75) is 231 Å². The zero-order valence-corrected chi connectivity index (χ0v) is 37.1. The van der Waals surface area contributed by atoms with E-state index >= 15 is 0 Å². The van der Waals surface area contributed by atoms with Crippen LogP contribution in [0.3, 0.4) is 0 Å². The van der Waals surface area contributed by atoms with Gasteiger partial charge in [-0.05, 0) is 152 Å². The maximum absolute atomic E-state index is 11.1. The van der Waals surface area contributed by atoms with Gasteiger partial charge in [0, 0.05) is 37.7 Å². The largest absolute Gasteiger partial charge is 0.463 e. The number of hydrogen-bond donors (Lipinski definition) is 0. The Balaban J connectivity index is 0.789. The molecule has 5 nitrogen and oxygen atoms in total. The normalized spacial score (nSPS) is 31.8. The third-order valence-electron chi connectivity index (χ3n) is 15.2. The second kappa shape index (κ2) is 28.2. The van der Waals surface area contributed by atoms with E-state index in [0.29, 0.717) is 36.8 Å². The van der Waals surface area contributed by atoms with Crippen LogP contribution in [-0.4, -0.2) is 50.7 Å². The fourth-order valence-electron chi connectivity index (χ4n) is 11.4. The molecule has 0 aromatic carbocycles. The van der Waals surface area contributed by atoms with Crippen LogP contribution in [0.25, 0.3) is 0 Å². The fourth-order valence-corrected chi connectivity index (χ4v) is 11.4. The Bertz CT molecular complexity index is 1120. The zero-order chi connectivity index (χ0) is 39.8. The highest BCUT2D eigenvalue weighted by atomic mass is 16.5. The molecule has 0 bridgehead atoms. The first-order valence-corrected chi connectivity index (χ1v) is 25.2. The van der Waals surface area contributed by atoms with Crippen LogP contribution < -0.4 is 0 Å². The summed E-state index contributed by atoms with van der Waals surface area (Å²) in [7, 11) is 0. The van der Waals surface area contributed by atoms with Crippen LogP contribution in [0.15, 0.2) is 12.7 Å². The van der Waals surface area contributed by atoms with Crippen molar-refractivity contribution < 1.29 is 23.7 Å². The van der Waals surface area contributed by atoms with Crippen molar-refractivity contribution in [3.63, 3.8) is 0 Å². The highest BCUT2D eigenvalue weighted by molar-refractivity contribution is 5.81. The van der Waals surface area contributed by atoms with E-state index in [0.717, 1.165) is 75.1 Å². The van der Waals surface area contributed by atoms with E-state index in [-0.39, 0.29) is 5.97 Å². The van der Waals surface area contributed by atoms with Gasteiger partial charge in [-0.1, -0.05) is 109 Å². The predicted molar refractivity (Wildman–Crippen MR) is 236 cm³/mol. The van der Waals surface area contributed by atoms with E-state index in [1.807, 2.05) is 0 Å². The molecule has 326 valence electrons. The van der Waals surface area contributed by atoms with E-state index in [1.54, 1.807) is 0 Å². The van der Waals surface area contributed by atoms with Crippen molar-refractivity contribution in [1.82, 2.24) is 0 Å². The molecular weight excluding hydrogens is 705 g/mol. The average Bonchev–Trinajstić information content (AvgIpc) is 3.25. The van der Waals surface area contributed by atoms with Gasteiger partial charge >= 0.3 is 5.97 Å². The first kappa shape index (κ1) is 46.7. The van der Waals surface area contributed by atoms with Gasteiger partial charge in [0.2, 0.25) is 0 Å². The van der Waals surface area contributed by atoms with E-state index in [9.17, 15) is 4.79 Å². The van der Waals surface area contributed by atoms with Crippen molar-refractivity contribution >= 4 is 5.97 Å². The van der Waals surface area contributed by atoms with Gasteiger partial charge < -0.3 is 18.9 Å². The van der Waals surface area contributed by atoms with E-state index in [4.69, 9.17) is 18.9 Å². The molecule has 5 aliphatic carbocycles. The predicted octanol–water partition coefficient (Wildman–Crippen LogP) is 13.8. The molecule has 0 aliphatic heterocycles. The number of carbonyl (C=O) groups excluding carboxylic acids is 1. The van der Waals surface area contributed by atoms with Crippen molar-refractivity contribution in [1.29, 1.82) is 0 Å². The molecule has 4 unspecified atom stereocenters. The summed E-state index contributed by atoms with van der Waals surface area (Å²) in [6, 6.07) is 0. The summed E-state index contributed by atoms with van der Waals surface area (Å²) in [5.41, 5.74) is 0. The van der Waals surface area contributed by atoms with Crippen LogP contribution in [0.2, 0.25) is 0 Å². The molecule has 0 amide bonds. The Kier molecular flexibility index (Phi) is 23.1. The van der Waals surface area contributed by atoms with Crippen LogP contribution in [0.5, 0.6) is 0 Å². The fraction of sp³-hybridized carbons (Fsp3) is 0.904. The molecule has 5 fully saturated rings. The number of ether oxygens (including phenoxy) is 4. The Morgan fingerprint density at radius 3 is 1.54 bits per heavy atom. The molecule has 5 heteroatoms. The van der Waals surface area contributed by atoms with E-state index in [1.165, 1.54) is 186 Å². The van der Waals surface area contributed by atoms with E-state index in [2.05, 4.69) is 25.3 Å². The van der Waals surface area contributed by atoms with Crippen molar-refractivity contribution in [2.24, 2.45) is 41.4 Å². The van der Waals surface area contributed by atoms with Crippen molar-refractivity contribution in [2.75, 3.05) is 26.4 Å². The maximum atomic E-state index is 11.1. The number of carbonyl (C=O) groups is 1. The SMILES string of the molecule is C=CC(=O)OCCCCCCOC1CCC2CC(C#CC3CCC(OCCCCCCOC4CCC(CCC5CCC(CCCCC)CC5)CC4)CC3)CCC2C1. The molecule has 0 radical (unpaired) electrons. The van der Waals surface area contributed by atoms with Crippen molar-refractivity contribution in [3.8, 4) is 11.8 Å². The lowest BCUT2D eigenvalue weighted by Gasteiger charge is -2.41. The molecule has 4 atom stereocenters. The van der Waals surface area contributed by atoms with Gasteiger partial charge in [0.1, 0.15) is 0 Å². The summed E-state index contributed by atoms with van der Waals surface area (Å²) in [6.07, 6.45) is 44.7. The van der Waals surface area contributed by atoms with Crippen LogP contribution in [0.4, 0.5) is 0 Å². The first-order chi connectivity index (χ1) is 28.1. The molecule has 0 aromatic rings. The summed E-state index contributed by atoms with van der Waals surface area (Å²) in [6.45, 7) is 9.02. The lowest BCUT2D eigenvalue weighted by Crippen LogP contribution is -2.34. The average molecular weight is 793 g/mol. The number of esters is 1. The summed E-state index contributed by atoms with van der Waals surface area (Å²) < 4.78 is 24.1. The van der Waals surface area contributed by atoms with Crippen LogP contribution in [-0.2, 0) is 23.7 Å². The summed E-state index contributed by atoms with van der Waals surface area (Å²) in [5, 5.41) is 0. The molecule has 0 heterocycles. The number of fused-ring (bicyclic) bond motifs is 1. The van der Waals surface area contributed by atoms with Gasteiger partial charge in [-0.25, -0.2) is 4.79 Å². The Labute approximate surface area is 351 Å². The maximum Gasteiger partial charge on any atom is 0.330 e. The molecule has 0 spiro atoms. The summed E-state index contributed by atoms with van der Waals surface area (Å²) in [4.78, 5) is 11.1. The Morgan fingerprint density at radius 2 is 0.947 bits per heavy atom. The number of rotatable bonds is 25. The van der Waals surface area contributed by atoms with Gasteiger partial charge in [0.05, 0.1) is 24.9 Å². The van der Waals surface area contributed by atoms with Crippen LogP contribution in [0.1, 0.15) is 212 Å². The smallest absolute Gasteiger partial charge is 0.330 e. The number of unbranched alkanes of at least 4 members (excludes halogenated alkanes) is 8. The second-order valence-electron chi connectivity index (χ2n) is 19.6. The third-order valence-corrected chi connectivity index (χ3v) is 15.2. The monoisotopic (exact) mass is 793 g/mol. The van der Waals surface area contributed by atoms with Gasteiger partial charge in [0.25, 0.3) is 0 Å². The van der Waals surface area contributed by atoms with E-state index < -0.39 is 0 Å². The summed E-state index contributed by atoms with van der Waals surface area (Å²) in [5.74, 6) is 13.2. The highest BCUT2D eigenvalue weighted by Gasteiger charge is 2.35. The Hall–Kier alpha value is -1.35. The summed E-state index contributed by atoms with van der Waals surface area (Å²) >= 11 is 0. The van der Waals surface area contributed by atoms with Gasteiger partial charge in [-0.3, -0.25) is 0 Å². The quantitative estimate of drug-likeness (QED) is 0.0399. The minimum absolute atomic E-state index is 0.321. The zero-order valence-electron chi connectivity index (χ0n) is 37.1. The molecule has 5 aliphatic rings. The first-order valence-electron chi connectivity index (χ1n) is 25.2. The van der Waals surface area contributed by atoms with Gasteiger partial charge in [-0.2, -0.15) is 0 Å². The standard InChI is InChI=1S/C52H88O5/c1-3-5-10-15-42-16-18-43(19-17-42)20-21-44-25-31-49(32-26-44)54-36-11-6-7-12-37-55-50-33-27-45(28-34-50)22-23-46-24-29-48-41-51(35-30-47(48)40-46)56-38-13-8-9-14-39-57-52(53)4-2/h4,42-51H,2-3,5-21,24-41H2,1H3. The van der Waals surface area contributed by atoms with Crippen molar-refractivity contribution in [3.05, 3.63) is 12.7 Å². The molecule has 5 saturated carbocycles. The molecule has 0 N–H and O–H groups in total. The number of hydrogen-bond acceptors (Lipinski definition) is 5. The molecular formula is C52H88O5.